The zero-order chi connectivity index (χ0) is 29.3. The molecule has 4 aromatic rings. The molecule has 0 unspecified atom stereocenters. The number of H-pyrrole nitrogens is 1. The third-order valence-electron chi connectivity index (χ3n) is 7.97. The molecule has 13 heteroatoms. The Morgan fingerprint density at radius 1 is 1.07 bits per heavy atom. The molecule has 1 amide bonds. The Hall–Kier alpha value is -4.26. The molecule has 1 saturated heterocycles. The summed E-state index contributed by atoms with van der Waals surface area (Å²) in [6.07, 6.45) is 1.06. The summed E-state index contributed by atoms with van der Waals surface area (Å²) in [6, 6.07) is 12.3. The summed E-state index contributed by atoms with van der Waals surface area (Å²) in [4.78, 5) is 38.9. The molecule has 0 spiro atoms. The predicted molar refractivity (Wildman–Crippen MR) is 153 cm³/mol. The number of benzene rings is 1. The first kappa shape index (κ1) is 27.9. The number of piperazine rings is 1. The van der Waals surface area contributed by atoms with Crippen LogP contribution in [0.5, 0.6) is 0 Å². The van der Waals surface area contributed by atoms with Gasteiger partial charge in [0.05, 0.1) is 16.7 Å². The van der Waals surface area contributed by atoms with E-state index in [0.717, 1.165) is 33.7 Å². The van der Waals surface area contributed by atoms with Crippen LogP contribution in [0.25, 0.3) is 22.3 Å². The van der Waals surface area contributed by atoms with Crippen molar-refractivity contribution in [3.63, 3.8) is 0 Å². The summed E-state index contributed by atoms with van der Waals surface area (Å²) in [6.45, 7) is 2.16. The maximum absolute atomic E-state index is 12.6. The summed E-state index contributed by atoms with van der Waals surface area (Å²) in [5, 5.41) is 3.24. The van der Waals surface area contributed by atoms with Crippen LogP contribution >= 0.6 is 0 Å². The van der Waals surface area contributed by atoms with Crippen molar-refractivity contribution < 1.29 is 18.0 Å². The highest BCUT2D eigenvalue weighted by molar-refractivity contribution is 5.83. The molecule has 10 nitrogen and oxygen atoms in total. The van der Waals surface area contributed by atoms with Gasteiger partial charge in [-0.1, -0.05) is 6.07 Å². The number of aromatic amines is 1. The summed E-state index contributed by atoms with van der Waals surface area (Å²) in [5.41, 5.74) is 4.46. The third kappa shape index (κ3) is 6.46. The molecule has 0 bridgehead atoms. The number of amides is 1. The number of pyridine rings is 1. The van der Waals surface area contributed by atoms with Gasteiger partial charge in [-0.25, -0.2) is 19.9 Å². The highest BCUT2D eigenvalue weighted by Crippen LogP contribution is 2.30. The van der Waals surface area contributed by atoms with Gasteiger partial charge in [-0.3, -0.25) is 9.69 Å². The van der Waals surface area contributed by atoms with Gasteiger partial charge in [-0.15, -0.1) is 0 Å². The lowest BCUT2D eigenvalue weighted by Gasteiger charge is -2.35. The Kier molecular flexibility index (Phi) is 7.67. The molecule has 1 aromatic carbocycles. The SMILES string of the molecule is CN(c1cc(-c2ccc3nc(Nc4cc(CN5CCN(C(=O)CC(F)(F)F)CC5)ccn4)[nH]c3c2)ncn1)C1CCC1. The van der Waals surface area contributed by atoms with Gasteiger partial charge in [-0.2, -0.15) is 13.2 Å². The minimum atomic E-state index is -4.48. The number of anilines is 3. The Balaban J connectivity index is 1.09. The molecule has 2 aliphatic rings. The maximum Gasteiger partial charge on any atom is 0.397 e. The fraction of sp³-hybridized carbons (Fsp3) is 0.414. The number of nitrogens with one attached hydrogen (secondary N) is 2. The van der Waals surface area contributed by atoms with Gasteiger partial charge in [-0.05, 0) is 49.1 Å². The van der Waals surface area contributed by atoms with Crippen LogP contribution in [0, 0.1) is 0 Å². The van der Waals surface area contributed by atoms with E-state index in [2.05, 4.69) is 47.1 Å². The Labute approximate surface area is 241 Å². The number of imidazole rings is 1. The standard InChI is InChI=1S/C29H32F3N9O/c1-39(21-3-2-4-21)26-15-23(34-18-35-26)20-5-6-22-24(14-20)37-28(36-22)38-25-13-19(7-8-33-25)17-40-9-11-41(12-10-40)27(42)16-29(30,31)32/h5-8,13-15,18,21H,2-4,9-12,16-17H2,1H3,(H2,33,36,37,38). The van der Waals surface area contributed by atoms with Gasteiger partial charge in [0.15, 0.2) is 0 Å². The molecule has 3 aromatic heterocycles. The number of hydrogen-bond donors (Lipinski definition) is 2. The summed E-state index contributed by atoms with van der Waals surface area (Å²) >= 11 is 0. The van der Waals surface area contributed by atoms with Crippen molar-refractivity contribution >= 4 is 34.5 Å². The third-order valence-corrected chi connectivity index (χ3v) is 7.97. The highest BCUT2D eigenvalue weighted by Gasteiger charge is 2.34. The van der Waals surface area contributed by atoms with Gasteiger partial charge < -0.3 is 20.1 Å². The van der Waals surface area contributed by atoms with E-state index in [9.17, 15) is 18.0 Å². The van der Waals surface area contributed by atoms with Gasteiger partial charge in [0.1, 0.15) is 24.4 Å². The topological polar surface area (TPSA) is 106 Å². The quantitative estimate of drug-likeness (QED) is 0.308. The van der Waals surface area contributed by atoms with E-state index in [4.69, 9.17) is 0 Å². The second-order valence-electron chi connectivity index (χ2n) is 10.9. The predicted octanol–water partition coefficient (Wildman–Crippen LogP) is 4.74. The van der Waals surface area contributed by atoms with Crippen molar-refractivity contribution in [2.45, 2.75) is 44.4 Å². The molecule has 0 atom stereocenters. The number of alkyl halides is 3. The Morgan fingerprint density at radius 2 is 1.88 bits per heavy atom. The monoisotopic (exact) mass is 579 g/mol. The van der Waals surface area contributed by atoms with E-state index in [-0.39, 0.29) is 13.1 Å². The Bertz CT molecular complexity index is 1560. The van der Waals surface area contributed by atoms with E-state index in [1.165, 1.54) is 24.2 Å². The van der Waals surface area contributed by atoms with E-state index < -0.39 is 18.5 Å². The first-order valence-corrected chi connectivity index (χ1v) is 14.0. The van der Waals surface area contributed by atoms with Crippen molar-refractivity contribution in [1.29, 1.82) is 0 Å². The average Bonchev–Trinajstić information content (AvgIpc) is 3.33. The van der Waals surface area contributed by atoms with Crippen molar-refractivity contribution in [3.8, 4) is 11.3 Å². The van der Waals surface area contributed by atoms with Gasteiger partial charge in [0.2, 0.25) is 11.9 Å². The van der Waals surface area contributed by atoms with E-state index in [0.29, 0.717) is 37.4 Å². The minimum absolute atomic E-state index is 0.277. The molecule has 6 rings (SSSR count). The first-order valence-electron chi connectivity index (χ1n) is 14.0. The van der Waals surface area contributed by atoms with Crippen LogP contribution in [0.3, 0.4) is 0 Å². The molecule has 2 fully saturated rings. The number of nitrogens with zero attached hydrogens (tertiary/aromatic N) is 7. The zero-order valence-corrected chi connectivity index (χ0v) is 23.2. The lowest BCUT2D eigenvalue weighted by Crippen LogP contribution is -2.49. The van der Waals surface area contributed by atoms with Crippen molar-refractivity contribution in [2.75, 3.05) is 43.4 Å². The lowest BCUT2D eigenvalue weighted by molar-refractivity contribution is -0.162. The van der Waals surface area contributed by atoms with Gasteiger partial charge >= 0.3 is 6.18 Å². The molecule has 220 valence electrons. The van der Waals surface area contributed by atoms with Crippen LogP contribution in [-0.4, -0.2) is 86.1 Å². The largest absolute Gasteiger partial charge is 0.397 e. The normalized spacial score (nSPS) is 16.4. The Morgan fingerprint density at radius 3 is 2.62 bits per heavy atom. The average molecular weight is 580 g/mol. The zero-order valence-electron chi connectivity index (χ0n) is 23.2. The van der Waals surface area contributed by atoms with Crippen LogP contribution < -0.4 is 10.2 Å². The minimum Gasteiger partial charge on any atom is -0.357 e. The maximum atomic E-state index is 12.6. The van der Waals surface area contributed by atoms with Crippen molar-refractivity contribution in [1.82, 2.24) is 34.7 Å². The molecule has 2 N–H and O–H groups in total. The van der Waals surface area contributed by atoms with E-state index >= 15 is 0 Å². The summed E-state index contributed by atoms with van der Waals surface area (Å²) in [5.74, 6) is 1.22. The lowest BCUT2D eigenvalue weighted by atomic mass is 9.92. The molecule has 42 heavy (non-hydrogen) atoms. The van der Waals surface area contributed by atoms with Crippen LogP contribution in [0.15, 0.2) is 48.9 Å². The van der Waals surface area contributed by atoms with Crippen LogP contribution in [0.4, 0.5) is 30.8 Å². The fourth-order valence-corrected chi connectivity index (χ4v) is 5.35. The van der Waals surface area contributed by atoms with E-state index in [1.807, 2.05) is 36.4 Å². The number of halogens is 3. The molecular weight excluding hydrogens is 547 g/mol. The van der Waals surface area contributed by atoms with Crippen LogP contribution in [0.2, 0.25) is 0 Å². The number of hydrogen-bond acceptors (Lipinski definition) is 8. The molecule has 4 heterocycles. The van der Waals surface area contributed by atoms with Crippen LogP contribution in [0.1, 0.15) is 31.2 Å². The molecule has 0 radical (unpaired) electrons. The van der Waals surface area contributed by atoms with Gasteiger partial charge in [0, 0.05) is 63.6 Å². The number of aromatic nitrogens is 5. The molecule has 1 saturated carbocycles. The molecular formula is C29H32F3N9O. The summed E-state index contributed by atoms with van der Waals surface area (Å²) in [7, 11) is 2.08. The van der Waals surface area contributed by atoms with Crippen LogP contribution in [-0.2, 0) is 11.3 Å². The molecule has 1 aliphatic carbocycles. The summed E-state index contributed by atoms with van der Waals surface area (Å²) < 4.78 is 37.7. The number of rotatable bonds is 8. The molecule has 1 aliphatic heterocycles. The number of fused-ring (bicyclic) bond motifs is 1. The smallest absolute Gasteiger partial charge is 0.357 e. The fourth-order valence-electron chi connectivity index (χ4n) is 5.35. The second-order valence-corrected chi connectivity index (χ2v) is 10.9. The van der Waals surface area contributed by atoms with Crippen molar-refractivity contribution in [2.24, 2.45) is 0 Å². The number of carbonyl (C=O) groups is 1. The van der Waals surface area contributed by atoms with Crippen molar-refractivity contribution in [3.05, 3.63) is 54.5 Å². The van der Waals surface area contributed by atoms with E-state index in [1.54, 1.807) is 12.5 Å². The first-order chi connectivity index (χ1) is 20.2. The number of carbonyl (C=O) groups excluding carboxylic acids is 1. The second kappa shape index (κ2) is 11.6. The van der Waals surface area contributed by atoms with Gasteiger partial charge in [0.25, 0.3) is 0 Å². The highest BCUT2D eigenvalue weighted by atomic mass is 19.4.